The molecule has 1 rings (SSSR count). The third-order valence-electron chi connectivity index (χ3n) is 3.14. The number of sulfone groups is 1. The minimum Gasteiger partial charge on any atom is -0.409 e. The van der Waals surface area contributed by atoms with Crippen LogP contribution in [0.4, 0.5) is 0 Å². The minimum atomic E-state index is -3.46. The van der Waals surface area contributed by atoms with Gasteiger partial charge in [0.2, 0.25) is 0 Å². The first kappa shape index (κ1) is 17.4. The lowest BCUT2D eigenvalue weighted by atomic mass is 10.2. The Morgan fingerprint density at radius 2 is 2.10 bits per heavy atom. The van der Waals surface area contributed by atoms with Crippen LogP contribution in [0.5, 0.6) is 0 Å². The van der Waals surface area contributed by atoms with Gasteiger partial charge in [-0.3, -0.25) is 0 Å². The monoisotopic (exact) mass is 315 g/mol. The second kappa shape index (κ2) is 7.96. The Bertz CT molecular complexity index is 587. The Morgan fingerprint density at radius 3 is 2.67 bits per heavy atom. The third kappa shape index (κ3) is 5.00. The molecule has 0 bridgehead atoms. The third-order valence-corrected chi connectivity index (χ3v) is 4.83. The van der Waals surface area contributed by atoms with Crippen LogP contribution in [0.15, 0.2) is 34.3 Å². The van der Waals surface area contributed by atoms with E-state index < -0.39 is 9.84 Å². The summed E-state index contributed by atoms with van der Waals surface area (Å²) >= 11 is 0. The zero-order chi connectivity index (χ0) is 15.9. The van der Waals surface area contributed by atoms with Crippen LogP contribution in [-0.4, -0.2) is 61.5 Å². The van der Waals surface area contributed by atoms with E-state index in [1.807, 2.05) is 11.8 Å². The molecule has 1 aromatic rings. The van der Waals surface area contributed by atoms with Crippen LogP contribution in [0, 0.1) is 0 Å². The summed E-state index contributed by atoms with van der Waals surface area (Å²) in [5.41, 5.74) is 5.81. The summed E-state index contributed by atoms with van der Waals surface area (Å²) in [4.78, 5) is 1.98. The summed E-state index contributed by atoms with van der Waals surface area (Å²) in [5.74, 6) is -0.192. The lowest BCUT2D eigenvalue weighted by molar-refractivity contribution is 0.209. The van der Waals surface area contributed by atoms with Crippen LogP contribution in [0.2, 0.25) is 0 Å². The fraction of sp³-hybridized carbons (Fsp3) is 0.462. The van der Waals surface area contributed by atoms with Crippen molar-refractivity contribution in [2.75, 3.05) is 32.0 Å². The number of aliphatic hydroxyl groups is 1. The average molecular weight is 315 g/mol. The molecule has 0 amide bonds. The predicted molar refractivity (Wildman–Crippen MR) is 80.2 cm³/mol. The maximum absolute atomic E-state index is 12.3. The van der Waals surface area contributed by atoms with E-state index in [1.54, 1.807) is 12.1 Å². The number of likely N-dealkylation sites (N-methyl/N-ethyl adjacent to an activating group) is 1. The zero-order valence-corrected chi connectivity index (χ0v) is 12.8. The van der Waals surface area contributed by atoms with E-state index in [0.717, 1.165) is 0 Å². The molecule has 0 radical (unpaired) electrons. The maximum Gasteiger partial charge on any atom is 0.179 e. The van der Waals surface area contributed by atoms with Gasteiger partial charge < -0.3 is 20.9 Å². The van der Waals surface area contributed by atoms with Gasteiger partial charge in [-0.1, -0.05) is 24.2 Å². The van der Waals surface area contributed by atoms with E-state index >= 15 is 0 Å². The molecular formula is C13H21N3O4S. The van der Waals surface area contributed by atoms with Crippen molar-refractivity contribution in [1.82, 2.24) is 4.90 Å². The van der Waals surface area contributed by atoms with E-state index in [4.69, 9.17) is 16.0 Å². The normalized spacial score (nSPS) is 12.8. The van der Waals surface area contributed by atoms with Gasteiger partial charge in [0.05, 0.1) is 17.3 Å². The zero-order valence-electron chi connectivity index (χ0n) is 11.9. The van der Waals surface area contributed by atoms with E-state index in [1.165, 1.54) is 12.1 Å². The Labute approximate surface area is 124 Å². The number of hydrogen-bond acceptors (Lipinski definition) is 6. The summed E-state index contributed by atoms with van der Waals surface area (Å²) < 4.78 is 24.6. The highest BCUT2D eigenvalue weighted by atomic mass is 32.2. The lowest BCUT2D eigenvalue weighted by Crippen LogP contribution is -2.31. The Hall–Kier alpha value is -1.64. The van der Waals surface area contributed by atoms with Crippen molar-refractivity contribution in [3.63, 3.8) is 0 Å². The van der Waals surface area contributed by atoms with Gasteiger partial charge in [-0.05, 0) is 18.7 Å². The number of benzene rings is 1. The molecule has 0 aliphatic heterocycles. The molecule has 7 nitrogen and oxygen atoms in total. The van der Waals surface area contributed by atoms with Gasteiger partial charge in [0.25, 0.3) is 0 Å². The summed E-state index contributed by atoms with van der Waals surface area (Å²) in [5, 5.41) is 20.4. The molecule has 0 fully saturated rings. The molecular weight excluding hydrogens is 294 g/mol. The molecule has 0 aliphatic carbocycles. The van der Waals surface area contributed by atoms with Crippen LogP contribution in [0.25, 0.3) is 0 Å². The van der Waals surface area contributed by atoms with Gasteiger partial charge in [0.15, 0.2) is 15.7 Å². The van der Waals surface area contributed by atoms with Gasteiger partial charge in [-0.15, -0.1) is 0 Å². The molecule has 0 aromatic heterocycles. The molecule has 0 aliphatic rings. The quantitative estimate of drug-likeness (QED) is 0.266. The molecule has 0 saturated heterocycles. The first-order valence-corrected chi connectivity index (χ1v) is 8.23. The molecule has 1 aromatic carbocycles. The number of rotatable bonds is 8. The highest BCUT2D eigenvalue weighted by molar-refractivity contribution is 7.91. The molecule has 0 heterocycles. The van der Waals surface area contributed by atoms with Crippen LogP contribution in [0.1, 0.15) is 12.5 Å². The highest BCUT2D eigenvalue weighted by Crippen LogP contribution is 2.13. The van der Waals surface area contributed by atoms with Crippen LogP contribution >= 0.6 is 0 Å². The van der Waals surface area contributed by atoms with Crippen molar-refractivity contribution in [1.29, 1.82) is 0 Å². The topological polar surface area (TPSA) is 116 Å². The van der Waals surface area contributed by atoms with E-state index in [-0.39, 0.29) is 23.1 Å². The molecule has 118 valence electrons. The summed E-state index contributed by atoms with van der Waals surface area (Å²) in [7, 11) is -3.46. The lowest BCUT2D eigenvalue weighted by Gasteiger charge is -2.18. The fourth-order valence-corrected chi connectivity index (χ4v) is 3.17. The Kier molecular flexibility index (Phi) is 6.60. The number of amidine groups is 1. The van der Waals surface area contributed by atoms with E-state index in [9.17, 15) is 8.42 Å². The number of aliphatic hydroxyl groups excluding tert-OH is 1. The Morgan fingerprint density at radius 1 is 1.38 bits per heavy atom. The van der Waals surface area contributed by atoms with Crippen LogP contribution in [-0.2, 0) is 9.84 Å². The maximum atomic E-state index is 12.3. The molecule has 21 heavy (non-hydrogen) atoms. The van der Waals surface area contributed by atoms with Crippen molar-refractivity contribution in [3.8, 4) is 0 Å². The van der Waals surface area contributed by atoms with Gasteiger partial charge in [0.1, 0.15) is 0 Å². The summed E-state index contributed by atoms with van der Waals surface area (Å²) in [6.45, 7) is 3.35. The van der Waals surface area contributed by atoms with Crippen LogP contribution < -0.4 is 5.73 Å². The Balaban J connectivity index is 2.88. The average Bonchev–Trinajstić information content (AvgIpc) is 2.50. The molecule has 4 N–H and O–H groups in total. The number of hydrogen-bond donors (Lipinski definition) is 3. The van der Waals surface area contributed by atoms with Crippen molar-refractivity contribution in [2.45, 2.75) is 11.8 Å². The summed E-state index contributed by atoms with van der Waals surface area (Å²) in [6.07, 6.45) is 0. The van der Waals surface area contributed by atoms with Crippen molar-refractivity contribution in [2.24, 2.45) is 10.9 Å². The van der Waals surface area contributed by atoms with Crippen molar-refractivity contribution >= 4 is 15.7 Å². The van der Waals surface area contributed by atoms with Gasteiger partial charge in [-0.25, -0.2) is 8.42 Å². The largest absolute Gasteiger partial charge is 0.409 e. The summed E-state index contributed by atoms with van der Waals surface area (Å²) in [6, 6.07) is 5.97. The predicted octanol–water partition coefficient (Wildman–Crippen LogP) is -0.131. The second-order valence-electron chi connectivity index (χ2n) is 4.49. The first-order valence-electron chi connectivity index (χ1n) is 6.58. The smallest absolute Gasteiger partial charge is 0.179 e. The highest BCUT2D eigenvalue weighted by Gasteiger charge is 2.17. The van der Waals surface area contributed by atoms with Gasteiger partial charge >= 0.3 is 0 Å². The van der Waals surface area contributed by atoms with Gasteiger partial charge in [0, 0.05) is 18.7 Å². The van der Waals surface area contributed by atoms with E-state index in [0.29, 0.717) is 25.2 Å². The number of oxime groups is 1. The van der Waals surface area contributed by atoms with Crippen molar-refractivity contribution in [3.05, 3.63) is 29.8 Å². The van der Waals surface area contributed by atoms with Crippen LogP contribution in [0.3, 0.4) is 0 Å². The fourth-order valence-electron chi connectivity index (χ4n) is 1.84. The number of nitrogens with zero attached hydrogens (tertiary/aromatic N) is 2. The number of nitrogens with two attached hydrogens (primary N) is 1. The first-order chi connectivity index (χ1) is 9.94. The van der Waals surface area contributed by atoms with Gasteiger partial charge in [-0.2, -0.15) is 0 Å². The SMILES string of the molecule is CCN(CCO)CCS(=O)(=O)c1cccc(/C(N)=N/O)c1. The molecule has 0 atom stereocenters. The molecule has 0 spiro atoms. The molecule has 0 unspecified atom stereocenters. The van der Waals surface area contributed by atoms with Crippen molar-refractivity contribution < 1.29 is 18.7 Å². The van der Waals surface area contributed by atoms with E-state index in [2.05, 4.69) is 5.16 Å². The standard InChI is InChI=1S/C13H21N3O4S/c1-2-16(6-8-17)7-9-21(19,20)12-5-3-4-11(10-12)13(14)15-18/h3-5,10,17-18H,2,6-9H2,1H3,(H2,14,15). The minimum absolute atomic E-state index is 0.00707. The molecule has 0 saturated carbocycles. The second-order valence-corrected chi connectivity index (χ2v) is 6.60. The molecule has 8 heteroatoms.